The largest absolute Gasteiger partial charge is 0.388 e. The zero-order valence-corrected chi connectivity index (χ0v) is 13.8. The van der Waals surface area contributed by atoms with Crippen LogP contribution in [0.1, 0.15) is 28.7 Å². The van der Waals surface area contributed by atoms with Gasteiger partial charge in [-0.05, 0) is 47.9 Å². The van der Waals surface area contributed by atoms with E-state index in [-0.39, 0.29) is 12.5 Å². The molecule has 2 unspecified atom stereocenters. The van der Waals surface area contributed by atoms with Gasteiger partial charge in [-0.25, -0.2) is 0 Å². The van der Waals surface area contributed by atoms with Gasteiger partial charge >= 0.3 is 0 Å². The van der Waals surface area contributed by atoms with Crippen molar-refractivity contribution in [1.82, 2.24) is 0 Å². The van der Waals surface area contributed by atoms with E-state index < -0.39 is 6.10 Å². The van der Waals surface area contributed by atoms with Crippen LogP contribution in [0.4, 0.5) is 0 Å². The highest BCUT2D eigenvalue weighted by molar-refractivity contribution is 6.35. The molecule has 0 amide bonds. The monoisotopic (exact) mass is 343 g/mol. The number of aryl methyl sites for hydroxylation is 1. The Morgan fingerprint density at radius 1 is 1.00 bits per heavy atom. The summed E-state index contributed by atoms with van der Waals surface area (Å²) in [6.07, 6.45) is -0.785. The average Bonchev–Trinajstić information content (AvgIpc) is 2.44. The van der Waals surface area contributed by atoms with Crippen LogP contribution in [0.25, 0.3) is 0 Å². The third-order valence-electron chi connectivity index (χ3n) is 3.56. The Morgan fingerprint density at radius 2 is 1.62 bits per heavy atom. The summed E-state index contributed by atoms with van der Waals surface area (Å²) >= 11 is 18.2. The van der Waals surface area contributed by atoms with Gasteiger partial charge < -0.3 is 10.8 Å². The first-order valence-corrected chi connectivity index (χ1v) is 7.66. The SMILES string of the molecule is Cc1ccc(Cl)cc1C(O)C(CN)c1ccc(Cl)cc1Cl. The number of aliphatic hydroxyl groups is 1. The zero-order valence-electron chi connectivity index (χ0n) is 11.5. The summed E-state index contributed by atoms with van der Waals surface area (Å²) in [7, 11) is 0. The molecule has 0 aliphatic carbocycles. The highest BCUT2D eigenvalue weighted by atomic mass is 35.5. The van der Waals surface area contributed by atoms with Crippen LogP contribution in [-0.2, 0) is 0 Å². The molecule has 0 heterocycles. The van der Waals surface area contributed by atoms with E-state index in [1.807, 2.05) is 13.0 Å². The Hall–Kier alpha value is -0.770. The molecule has 0 bridgehead atoms. The number of halogens is 3. The Morgan fingerprint density at radius 3 is 2.24 bits per heavy atom. The first kappa shape index (κ1) is 16.6. The van der Waals surface area contributed by atoms with Crippen molar-refractivity contribution in [3.8, 4) is 0 Å². The van der Waals surface area contributed by atoms with Crippen molar-refractivity contribution in [1.29, 1.82) is 0 Å². The van der Waals surface area contributed by atoms with E-state index in [4.69, 9.17) is 40.5 Å². The summed E-state index contributed by atoms with van der Waals surface area (Å²) in [5.41, 5.74) is 8.33. The number of rotatable bonds is 4. The minimum absolute atomic E-state index is 0.258. The van der Waals surface area contributed by atoms with Crippen molar-refractivity contribution in [3.63, 3.8) is 0 Å². The topological polar surface area (TPSA) is 46.2 Å². The molecule has 0 radical (unpaired) electrons. The Kier molecular flexibility index (Phi) is 5.53. The number of nitrogens with two attached hydrogens (primary N) is 1. The molecule has 0 spiro atoms. The molecule has 2 aromatic rings. The van der Waals surface area contributed by atoms with Crippen LogP contribution in [0, 0.1) is 6.92 Å². The second-order valence-electron chi connectivity index (χ2n) is 4.95. The van der Waals surface area contributed by atoms with Crippen LogP contribution >= 0.6 is 34.8 Å². The number of benzene rings is 2. The van der Waals surface area contributed by atoms with E-state index in [0.717, 1.165) is 16.7 Å². The lowest BCUT2D eigenvalue weighted by molar-refractivity contribution is 0.147. The summed E-state index contributed by atoms with van der Waals surface area (Å²) in [5.74, 6) is -0.327. The Bertz CT molecular complexity index is 645. The summed E-state index contributed by atoms with van der Waals surface area (Å²) in [6.45, 7) is 2.18. The maximum atomic E-state index is 10.7. The van der Waals surface area contributed by atoms with Gasteiger partial charge in [0.15, 0.2) is 0 Å². The second kappa shape index (κ2) is 6.99. The van der Waals surface area contributed by atoms with Gasteiger partial charge in [0.1, 0.15) is 0 Å². The number of hydrogen-bond acceptors (Lipinski definition) is 2. The summed E-state index contributed by atoms with van der Waals surface area (Å²) in [5, 5.41) is 12.3. The van der Waals surface area contributed by atoms with Crippen LogP contribution in [0.15, 0.2) is 36.4 Å². The molecule has 2 rings (SSSR count). The minimum Gasteiger partial charge on any atom is -0.388 e. The van der Waals surface area contributed by atoms with Crippen LogP contribution < -0.4 is 5.73 Å². The Labute approximate surface area is 139 Å². The predicted molar refractivity (Wildman–Crippen MR) is 89.4 cm³/mol. The van der Waals surface area contributed by atoms with E-state index in [9.17, 15) is 5.11 Å². The zero-order chi connectivity index (χ0) is 15.6. The summed E-state index contributed by atoms with van der Waals surface area (Å²) in [4.78, 5) is 0. The molecular formula is C16H16Cl3NO. The predicted octanol–water partition coefficient (Wildman–Crippen LogP) is 4.73. The number of aliphatic hydroxyl groups excluding tert-OH is 1. The molecule has 5 heteroatoms. The first-order chi connectivity index (χ1) is 9.93. The van der Waals surface area contributed by atoms with E-state index >= 15 is 0 Å². The molecule has 2 atom stereocenters. The van der Waals surface area contributed by atoms with Crippen LogP contribution in [0.2, 0.25) is 15.1 Å². The van der Waals surface area contributed by atoms with Gasteiger partial charge in [0.25, 0.3) is 0 Å². The first-order valence-electron chi connectivity index (χ1n) is 6.53. The average molecular weight is 345 g/mol. The molecule has 2 nitrogen and oxygen atoms in total. The number of hydrogen-bond donors (Lipinski definition) is 2. The third kappa shape index (κ3) is 3.71. The quantitative estimate of drug-likeness (QED) is 0.842. The molecule has 0 aromatic heterocycles. The molecular weight excluding hydrogens is 329 g/mol. The van der Waals surface area contributed by atoms with Gasteiger partial charge in [0.2, 0.25) is 0 Å². The molecule has 112 valence electrons. The fraction of sp³-hybridized carbons (Fsp3) is 0.250. The van der Waals surface area contributed by atoms with Gasteiger partial charge in [-0.2, -0.15) is 0 Å². The molecule has 0 fully saturated rings. The molecule has 0 saturated carbocycles. The highest BCUT2D eigenvalue weighted by Crippen LogP contribution is 2.37. The molecule has 0 aliphatic heterocycles. The van der Waals surface area contributed by atoms with E-state index in [2.05, 4.69) is 0 Å². The van der Waals surface area contributed by atoms with Crippen molar-refractivity contribution in [2.45, 2.75) is 18.9 Å². The molecule has 3 N–H and O–H groups in total. The van der Waals surface area contributed by atoms with Crippen LogP contribution in [-0.4, -0.2) is 11.7 Å². The highest BCUT2D eigenvalue weighted by Gasteiger charge is 2.25. The third-order valence-corrected chi connectivity index (χ3v) is 4.35. The Balaban J connectivity index is 2.43. The van der Waals surface area contributed by atoms with Crippen molar-refractivity contribution < 1.29 is 5.11 Å². The standard InChI is InChI=1S/C16H16Cl3NO/c1-9-2-3-10(17)6-13(9)16(21)14(8-20)12-5-4-11(18)7-15(12)19/h2-7,14,16,21H,8,20H2,1H3. The van der Waals surface area contributed by atoms with Crippen molar-refractivity contribution >= 4 is 34.8 Å². The van der Waals surface area contributed by atoms with Crippen molar-refractivity contribution in [3.05, 3.63) is 68.2 Å². The van der Waals surface area contributed by atoms with Gasteiger partial charge in [-0.3, -0.25) is 0 Å². The van der Waals surface area contributed by atoms with Crippen LogP contribution in [0.3, 0.4) is 0 Å². The molecule has 0 aliphatic rings. The van der Waals surface area contributed by atoms with Crippen molar-refractivity contribution in [2.24, 2.45) is 5.73 Å². The minimum atomic E-state index is -0.785. The second-order valence-corrected chi connectivity index (χ2v) is 6.23. The fourth-order valence-electron chi connectivity index (χ4n) is 2.37. The van der Waals surface area contributed by atoms with E-state index in [0.29, 0.717) is 15.1 Å². The summed E-state index contributed by atoms with van der Waals surface area (Å²) in [6, 6.07) is 10.6. The lowest BCUT2D eigenvalue weighted by Gasteiger charge is -2.24. The molecule has 21 heavy (non-hydrogen) atoms. The van der Waals surface area contributed by atoms with Crippen LogP contribution in [0.5, 0.6) is 0 Å². The normalized spacial score (nSPS) is 14.0. The van der Waals surface area contributed by atoms with Gasteiger partial charge in [-0.1, -0.05) is 46.9 Å². The van der Waals surface area contributed by atoms with Gasteiger partial charge in [0.05, 0.1) is 6.10 Å². The smallest absolute Gasteiger partial charge is 0.0874 e. The lowest BCUT2D eigenvalue weighted by Crippen LogP contribution is -2.21. The summed E-state index contributed by atoms with van der Waals surface area (Å²) < 4.78 is 0. The fourth-order valence-corrected chi connectivity index (χ4v) is 3.10. The van der Waals surface area contributed by atoms with Gasteiger partial charge in [-0.15, -0.1) is 0 Å². The molecule has 0 saturated heterocycles. The van der Waals surface area contributed by atoms with Gasteiger partial charge in [0, 0.05) is 27.5 Å². The maximum absolute atomic E-state index is 10.7. The van der Waals surface area contributed by atoms with Crippen molar-refractivity contribution in [2.75, 3.05) is 6.54 Å². The lowest BCUT2D eigenvalue weighted by atomic mass is 9.87. The maximum Gasteiger partial charge on any atom is 0.0874 e. The van der Waals surface area contributed by atoms with E-state index in [1.165, 1.54) is 0 Å². The van der Waals surface area contributed by atoms with E-state index in [1.54, 1.807) is 30.3 Å². The molecule has 2 aromatic carbocycles.